The van der Waals surface area contributed by atoms with Gasteiger partial charge in [-0.05, 0) is 43.8 Å². The predicted molar refractivity (Wildman–Crippen MR) is 87.9 cm³/mol. The van der Waals surface area contributed by atoms with E-state index in [-0.39, 0.29) is 5.91 Å². The van der Waals surface area contributed by atoms with Crippen LogP contribution in [0.4, 0.5) is 0 Å². The number of hydrogen-bond acceptors (Lipinski definition) is 4. The molecular weight excluding hydrogens is 296 g/mol. The predicted octanol–water partition coefficient (Wildman–Crippen LogP) is 2.28. The van der Waals surface area contributed by atoms with Gasteiger partial charge in [0.05, 0.1) is 18.8 Å². The maximum atomic E-state index is 12.1. The number of thiophene rings is 1. The average Bonchev–Trinajstić information content (AvgIpc) is 3.17. The number of carbonyl (C=O) groups is 1. The number of amides is 1. The lowest BCUT2D eigenvalue weighted by atomic mass is 9.94. The quantitative estimate of drug-likeness (QED) is 0.889. The molecule has 5 nitrogen and oxygen atoms in total. The highest BCUT2D eigenvalue weighted by atomic mass is 32.1. The van der Waals surface area contributed by atoms with E-state index < -0.39 is 0 Å². The Morgan fingerprint density at radius 3 is 3.23 bits per heavy atom. The van der Waals surface area contributed by atoms with Crippen LogP contribution in [0.5, 0.6) is 0 Å². The first-order valence-electron chi connectivity index (χ1n) is 7.74. The van der Waals surface area contributed by atoms with Crippen LogP contribution in [-0.2, 0) is 11.3 Å². The van der Waals surface area contributed by atoms with Crippen molar-refractivity contribution in [2.45, 2.75) is 32.2 Å². The summed E-state index contributed by atoms with van der Waals surface area (Å²) >= 11 is 1.67. The maximum absolute atomic E-state index is 12.1. The van der Waals surface area contributed by atoms with E-state index in [0.29, 0.717) is 19.0 Å². The largest absolute Gasteiger partial charge is 0.350 e. The minimum absolute atomic E-state index is 0.104. The van der Waals surface area contributed by atoms with E-state index in [2.05, 4.69) is 26.5 Å². The van der Waals surface area contributed by atoms with Crippen molar-refractivity contribution >= 4 is 17.2 Å². The fraction of sp³-hybridized carbons (Fsp3) is 0.500. The SMILES string of the molecule is Cc1cc([C@H]2CCCN(CC(=O)NCc3cccs3)C2)n[nH]1. The molecule has 1 fully saturated rings. The van der Waals surface area contributed by atoms with Gasteiger partial charge in [-0.15, -0.1) is 11.3 Å². The van der Waals surface area contributed by atoms with Crippen LogP contribution in [0.25, 0.3) is 0 Å². The third-order valence-corrected chi connectivity index (χ3v) is 4.93. The smallest absolute Gasteiger partial charge is 0.234 e. The average molecular weight is 318 g/mol. The van der Waals surface area contributed by atoms with Gasteiger partial charge in [0.1, 0.15) is 0 Å². The molecule has 22 heavy (non-hydrogen) atoms. The monoisotopic (exact) mass is 318 g/mol. The Morgan fingerprint density at radius 2 is 2.50 bits per heavy atom. The van der Waals surface area contributed by atoms with Crippen LogP contribution in [0.3, 0.4) is 0 Å². The van der Waals surface area contributed by atoms with Gasteiger partial charge < -0.3 is 5.32 Å². The molecule has 2 N–H and O–H groups in total. The van der Waals surface area contributed by atoms with Gasteiger partial charge in [-0.1, -0.05) is 6.07 Å². The normalized spacial score (nSPS) is 19.2. The molecule has 1 saturated heterocycles. The summed E-state index contributed by atoms with van der Waals surface area (Å²) in [5.74, 6) is 0.538. The van der Waals surface area contributed by atoms with E-state index in [9.17, 15) is 4.79 Å². The van der Waals surface area contributed by atoms with Crippen molar-refractivity contribution in [3.8, 4) is 0 Å². The van der Waals surface area contributed by atoms with Gasteiger partial charge in [-0.3, -0.25) is 14.8 Å². The Bertz CT molecular complexity index is 607. The zero-order valence-corrected chi connectivity index (χ0v) is 13.7. The van der Waals surface area contributed by atoms with Crippen LogP contribution in [0.1, 0.15) is 35.0 Å². The van der Waals surface area contributed by atoms with Crippen LogP contribution in [0.2, 0.25) is 0 Å². The van der Waals surface area contributed by atoms with Crippen molar-refractivity contribution in [3.05, 3.63) is 39.8 Å². The molecule has 6 heteroatoms. The highest BCUT2D eigenvalue weighted by Crippen LogP contribution is 2.25. The van der Waals surface area contributed by atoms with Crippen LogP contribution in [0.15, 0.2) is 23.6 Å². The molecule has 0 radical (unpaired) electrons. The molecule has 0 aromatic carbocycles. The summed E-state index contributed by atoms with van der Waals surface area (Å²) in [7, 11) is 0. The Morgan fingerprint density at radius 1 is 1.59 bits per heavy atom. The highest BCUT2D eigenvalue weighted by molar-refractivity contribution is 7.09. The number of hydrogen-bond donors (Lipinski definition) is 2. The van der Waals surface area contributed by atoms with Crippen molar-refractivity contribution in [1.82, 2.24) is 20.4 Å². The van der Waals surface area contributed by atoms with E-state index in [4.69, 9.17) is 0 Å². The molecule has 0 unspecified atom stereocenters. The van der Waals surface area contributed by atoms with Crippen molar-refractivity contribution in [2.24, 2.45) is 0 Å². The van der Waals surface area contributed by atoms with Gasteiger partial charge in [0.2, 0.25) is 5.91 Å². The molecular formula is C16H22N4OS. The topological polar surface area (TPSA) is 61.0 Å². The number of H-pyrrole nitrogens is 1. The number of piperidine rings is 1. The van der Waals surface area contributed by atoms with Gasteiger partial charge in [-0.2, -0.15) is 5.10 Å². The Kier molecular flexibility index (Phi) is 4.90. The number of aromatic amines is 1. The molecule has 3 heterocycles. The number of carbonyl (C=O) groups excluding carboxylic acids is 1. The first-order valence-corrected chi connectivity index (χ1v) is 8.62. The molecule has 0 bridgehead atoms. The minimum Gasteiger partial charge on any atom is -0.350 e. The van der Waals surface area contributed by atoms with Crippen LogP contribution in [-0.4, -0.2) is 40.6 Å². The van der Waals surface area contributed by atoms with Crippen molar-refractivity contribution < 1.29 is 4.79 Å². The van der Waals surface area contributed by atoms with Crippen LogP contribution >= 0.6 is 11.3 Å². The van der Waals surface area contributed by atoms with E-state index in [1.807, 2.05) is 24.4 Å². The lowest BCUT2D eigenvalue weighted by Crippen LogP contribution is -2.41. The number of rotatable bonds is 5. The van der Waals surface area contributed by atoms with E-state index >= 15 is 0 Å². The fourth-order valence-electron chi connectivity index (χ4n) is 2.95. The summed E-state index contributed by atoms with van der Waals surface area (Å²) in [6.45, 7) is 5.04. The Labute approximate surface area is 134 Å². The van der Waals surface area contributed by atoms with Crippen LogP contribution in [0, 0.1) is 6.92 Å². The van der Waals surface area contributed by atoms with E-state index in [1.165, 1.54) is 4.88 Å². The zero-order valence-electron chi connectivity index (χ0n) is 12.8. The molecule has 3 rings (SSSR count). The number of likely N-dealkylation sites (tertiary alicyclic amines) is 1. The van der Waals surface area contributed by atoms with Crippen LogP contribution < -0.4 is 5.32 Å². The molecule has 2 aromatic rings. The lowest BCUT2D eigenvalue weighted by Gasteiger charge is -2.31. The Hall–Kier alpha value is -1.66. The summed E-state index contributed by atoms with van der Waals surface area (Å²) in [5.41, 5.74) is 2.22. The molecule has 2 aromatic heterocycles. The molecule has 1 atom stereocenters. The molecule has 0 aliphatic carbocycles. The number of nitrogens with one attached hydrogen (secondary N) is 2. The number of aryl methyl sites for hydroxylation is 1. The van der Waals surface area contributed by atoms with Gasteiger partial charge in [0.15, 0.2) is 0 Å². The van der Waals surface area contributed by atoms with E-state index in [0.717, 1.165) is 37.3 Å². The summed E-state index contributed by atoms with van der Waals surface area (Å²) in [6.07, 6.45) is 2.27. The zero-order chi connectivity index (χ0) is 15.4. The molecule has 1 aliphatic heterocycles. The fourth-order valence-corrected chi connectivity index (χ4v) is 3.59. The van der Waals surface area contributed by atoms with Gasteiger partial charge >= 0.3 is 0 Å². The standard InChI is InChI=1S/C16H22N4OS/c1-12-8-15(19-18-12)13-4-2-6-20(10-13)11-16(21)17-9-14-5-3-7-22-14/h3,5,7-8,13H,2,4,6,9-11H2,1H3,(H,17,21)(H,18,19)/t13-/m0/s1. The summed E-state index contributed by atoms with van der Waals surface area (Å²) < 4.78 is 0. The summed E-state index contributed by atoms with van der Waals surface area (Å²) in [5, 5.41) is 12.4. The molecule has 0 saturated carbocycles. The molecule has 1 aliphatic rings. The molecule has 118 valence electrons. The van der Waals surface area contributed by atoms with E-state index in [1.54, 1.807) is 11.3 Å². The number of nitrogens with zero attached hydrogens (tertiary/aromatic N) is 2. The third-order valence-electron chi connectivity index (χ3n) is 4.06. The van der Waals surface area contributed by atoms with Crippen molar-refractivity contribution in [3.63, 3.8) is 0 Å². The first-order chi connectivity index (χ1) is 10.7. The summed E-state index contributed by atoms with van der Waals surface area (Å²) in [4.78, 5) is 15.5. The molecule has 1 amide bonds. The van der Waals surface area contributed by atoms with Gasteiger partial charge in [0.25, 0.3) is 0 Å². The summed E-state index contributed by atoms with van der Waals surface area (Å²) in [6, 6.07) is 6.17. The van der Waals surface area contributed by atoms with Crippen molar-refractivity contribution in [1.29, 1.82) is 0 Å². The second-order valence-electron chi connectivity index (χ2n) is 5.91. The Balaban J connectivity index is 1.48. The maximum Gasteiger partial charge on any atom is 0.234 e. The van der Waals surface area contributed by atoms with Gasteiger partial charge in [0, 0.05) is 23.0 Å². The minimum atomic E-state index is 0.104. The lowest BCUT2D eigenvalue weighted by molar-refractivity contribution is -0.122. The number of aromatic nitrogens is 2. The second kappa shape index (κ2) is 7.07. The van der Waals surface area contributed by atoms with Crippen molar-refractivity contribution in [2.75, 3.05) is 19.6 Å². The highest BCUT2D eigenvalue weighted by Gasteiger charge is 2.24. The third kappa shape index (κ3) is 3.96. The van der Waals surface area contributed by atoms with Gasteiger partial charge in [-0.25, -0.2) is 0 Å². The first kappa shape index (κ1) is 15.2. The second-order valence-corrected chi connectivity index (χ2v) is 6.94. The molecule has 0 spiro atoms.